The average molecular weight is 362 g/mol. The summed E-state index contributed by atoms with van der Waals surface area (Å²) in [6.45, 7) is 2.17. The first-order valence-electron chi connectivity index (χ1n) is 9.71. The van der Waals surface area contributed by atoms with Crippen LogP contribution in [0, 0.1) is 5.92 Å². The van der Waals surface area contributed by atoms with Crippen molar-refractivity contribution < 1.29 is 10.1 Å². The SMILES string of the molecule is COc1ccc2c(CC3=C\CC(C)\C(C(N)=[NH2+])=C/C=C\3)c(C3CC3)[nH]c2c1. The predicted octanol–water partition coefficient (Wildman–Crippen LogP) is 3.16. The van der Waals surface area contributed by atoms with Crippen LogP contribution in [0.2, 0.25) is 0 Å². The van der Waals surface area contributed by atoms with Gasteiger partial charge < -0.3 is 9.72 Å². The molecule has 1 fully saturated rings. The lowest BCUT2D eigenvalue weighted by Crippen LogP contribution is -2.47. The Labute approximate surface area is 160 Å². The first kappa shape index (κ1) is 17.7. The molecule has 1 aromatic carbocycles. The maximum absolute atomic E-state index is 5.83. The third-order valence-electron chi connectivity index (χ3n) is 5.70. The standard InChI is InChI=1S/C23H27N3O/c1-14-6-7-15(4-3-5-18(14)23(24)25)12-20-19-11-10-17(27-2)13-21(19)26-22(20)16-8-9-16/h3-5,7,10-11,13-14,16,26H,6,8-9,12H2,1-2H3,(H3,24,25)/p+1/b4-3-,15-7-,18-5+. The summed E-state index contributed by atoms with van der Waals surface area (Å²) in [6.07, 6.45) is 13.1. The summed E-state index contributed by atoms with van der Waals surface area (Å²) in [6, 6.07) is 6.34. The fourth-order valence-electron chi connectivity index (χ4n) is 3.97. The summed E-state index contributed by atoms with van der Waals surface area (Å²) >= 11 is 0. The van der Waals surface area contributed by atoms with E-state index in [0.29, 0.717) is 17.7 Å². The van der Waals surface area contributed by atoms with Crippen molar-refractivity contribution in [1.82, 2.24) is 4.98 Å². The molecule has 140 valence electrons. The maximum atomic E-state index is 5.83. The van der Waals surface area contributed by atoms with Gasteiger partial charge in [0.15, 0.2) is 0 Å². The van der Waals surface area contributed by atoms with Crippen LogP contribution in [0.15, 0.2) is 53.6 Å². The van der Waals surface area contributed by atoms with E-state index in [4.69, 9.17) is 15.9 Å². The quantitative estimate of drug-likeness (QED) is 0.564. The molecule has 0 radical (unpaired) electrons. The van der Waals surface area contributed by atoms with Gasteiger partial charge in [-0.05, 0) is 60.8 Å². The molecule has 27 heavy (non-hydrogen) atoms. The Morgan fingerprint density at radius 3 is 2.85 bits per heavy atom. The summed E-state index contributed by atoms with van der Waals surface area (Å²) in [5.41, 5.74) is 12.2. The van der Waals surface area contributed by atoms with Gasteiger partial charge in [0, 0.05) is 28.2 Å². The van der Waals surface area contributed by atoms with Gasteiger partial charge >= 0.3 is 0 Å². The van der Waals surface area contributed by atoms with E-state index in [-0.39, 0.29) is 0 Å². The number of methoxy groups -OCH3 is 1. The van der Waals surface area contributed by atoms with Crippen molar-refractivity contribution in [3.05, 3.63) is 64.9 Å². The summed E-state index contributed by atoms with van der Waals surface area (Å²) in [5.74, 6) is 2.31. The monoisotopic (exact) mass is 362 g/mol. The lowest BCUT2D eigenvalue weighted by molar-refractivity contribution is -0.115. The molecule has 1 heterocycles. The van der Waals surface area contributed by atoms with Gasteiger partial charge in [0.2, 0.25) is 0 Å². The van der Waals surface area contributed by atoms with Crippen LogP contribution in [-0.4, -0.2) is 17.9 Å². The Balaban J connectivity index is 1.69. The number of H-pyrrole nitrogens is 1. The average Bonchev–Trinajstić information content (AvgIpc) is 3.42. The van der Waals surface area contributed by atoms with Crippen LogP contribution in [0.25, 0.3) is 10.9 Å². The number of aromatic amines is 1. The van der Waals surface area contributed by atoms with Crippen LogP contribution in [0.1, 0.15) is 43.4 Å². The number of amidine groups is 1. The molecule has 1 unspecified atom stereocenters. The second-order valence-corrected chi connectivity index (χ2v) is 7.73. The Morgan fingerprint density at radius 2 is 2.15 bits per heavy atom. The lowest BCUT2D eigenvalue weighted by Gasteiger charge is -2.13. The molecule has 1 atom stereocenters. The highest BCUT2D eigenvalue weighted by Crippen LogP contribution is 2.44. The highest BCUT2D eigenvalue weighted by Gasteiger charge is 2.29. The molecule has 4 heteroatoms. The Hall–Kier alpha value is -2.75. The number of hydrogen-bond donors (Lipinski definition) is 3. The molecule has 4 rings (SSSR count). The molecule has 1 saturated carbocycles. The fraction of sp³-hybridized carbons (Fsp3) is 0.348. The number of aromatic nitrogens is 1. The first-order chi connectivity index (χ1) is 13.1. The molecule has 5 N–H and O–H groups in total. The Kier molecular flexibility index (Phi) is 4.65. The van der Waals surface area contributed by atoms with E-state index in [9.17, 15) is 0 Å². The van der Waals surface area contributed by atoms with Gasteiger partial charge in [-0.3, -0.25) is 11.1 Å². The molecule has 0 spiro atoms. The van der Waals surface area contributed by atoms with Gasteiger partial charge in [0.25, 0.3) is 5.84 Å². The molecular weight excluding hydrogens is 334 g/mol. The molecule has 2 aliphatic rings. The minimum atomic E-state index is 0.324. The van der Waals surface area contributed by atoms with Gasteiger partial charge in [0.05, 0.1) is 7.11 Å². The van der Waals surface area contributed by atoms with Crippen molar-refractivity contribution in [2.75, 3.05) is 7.11 Å². The van der Waals surface area contributed by atoms with Gasteiger partial charge in [0.1, 0.15) is 5.75 Å². The lowest BCUT2D eigenvalue weighted by atomic mass is 9.91. The smallest absolute Gasteiger partial charge is 0.266 e. The molecule has 0 saturated heterocycles. The highest BCUT2D eigenvalue weighted by molar-refractivity contribution is 5.92. The third-order valence-corrected chi connectivity index (χ3v) is 5.70. The zero-order chi connectivity index (χ0) is 19.0. The number of hydrogen-bond acceptors (Lipinski definition) is 1. The molecule has 0 bridgehead atoms. The van der Waals surface area contributed by atoms with E-state index < -0.39 is 0 Å². The van der Waals surface area contributed by atoms with Crippen LogP contribution in [-0.2, 0) is 6.42 Å². The second kappa shape index (κ2) is 7.10. The maximum Gasteiger partial charge on any atom is 0.266 e. The number of fused-ring (bicyclic) bond motifs is 1. The molecular formula is C23H28N3O+. The largest absolute Gasteiger partial charge is 0.497 e. The summed E-state index contributed by atoms with van der Waals surface area (Å²) < 4.78 is 5.40. The molecule has 1 aromatic heterocycles. The van der Waals surface area contributed by atoms with E-state index >= 15 is 0 Å². The van der Waals surface area contributed by atoms with E-state index in [1.165, 1.54) is 40.6 Å². The van der Waals surface area contributed by atoms with Gasteiger partial charge in [-0.25, -0.2) is 0 Å². The highest BCUT2D eigenvalue weighted by atomic mass is 16.5. The Morgan fingerprint density at radius 1 is 1.33 bits per heavy atom. The molecule has 4 nitrogen and oxygen atoms in total. The number of nitrogens with two attached hydrogens (primary N) is 2. The molecule has 0 amide bonds. The predicted molar refractivity (Wildman–Crippen MR) is 111 cm³/mol. The molecule has 2 aromatic rings. The van der Waals surface area contributed by atoms with Crippen LogP contribution >= 0.6 is 0 Å². The van der Waals surface area contributed by atoms with Crippen LogP contribution in [0.5, 0.6) is 5.75 Å². The van der Waals surface area contributed by atoms with Crippen molar-refractivity contribution in [2.45, 2.75) is 38.5 Å². The van der Waals surface area contributed by atoms with Gasteiger partial charge in [-0.15, -0.1) is 0 Å². The van der Waals surface area contributed by atoms with Crippen molar-refractivity contribution in [3.63, 3.8) is 0 Å². The normalized spacial score (nSPS) is 25.0. The number of ether oxygens (including phenoxy) is 1. The fourth-order valence-corrected chi connectivity index (χ4v) is 3.97. The van der Waals surface area contributed by atoms with Gasteiger partial charge in [-0.2, -0.15) is 0 Å². The topological polar surface area (TPSA) is 76.6 Å². The number of nitrogens with one attached hydrogen (secondary N) is 1. The zero-order valence-corrected chi connectivity index (χ0v) is 16.1. The summed E-state index contributed by atoms with van der Waals surface area (Å²) in [7, 11) is 1.71. The number of benzene rings is 1. The van der Waals surface area contributed by atoms with Crippen LogP contribution < -0.4 is 15.9 Å². The van der Waals surface area contributed by atoms with Crippen LogP contribution in [0.4, 0.5) is 0 Å². The van der Waals surface area contributed by atoms with Crippen molar-refractivity contribution in [3.8, 4) is 5.75 Å². The minimum Gasteiger partial charge on any atom is -0.497 e. The zero-order valence-electron chi connectivity index (χ0n) is 16.1. The van der Waals surface area contributed by atoms with Crippen molar-refractivity contribution >= 4 is 16.7 Å². The summed E-state index contributed by atoms with van der Waals surface area (Å²) in [5, 5.41) is 7.13. The third kappa shape index (κ3) is 3.57. The number of allylic oxidation sites excluding steroid dienone is 5. The van der Waals surface area contributed by atoms with Crippen molar-refractivity contribution in [1.29, 1.82) is 0 Å². The minimum absolute atomic E-state index is 0.324. The van der Waals surface area contributed by atoms with E-state index in [1.807, 2.05) is 0 Å². The van der Waals surface area contributed by atoms with Crippen LogP contribution in [0.3, 0.4) is 0 Å². The molecule has 2 aliphatic carbocycles. The number of rotatable bonds is 5. The second-order valence-electron chi connectivity index (χ2n) is 7.73. The van der Waals surface area contributed by atoms with E-state index in [1.54, 1.807) is 7.11 Å². The first-order valence-corrected chi connectivity index (χ1v) is 9.71. The summed E-state index contributed by atoms with van der Waals surface area (Å²) in [4.78, 5) is 3.67. The Bertz CT molecular complexity index is 973. The van der Waals surface area contributed by atoms with Gasteiger partial charge in [-0.1, -0.05) is 31.2 Å². The van der Waals surface area contributed by atoms with Crippen molar-refractivity contribution in [2.24, 2.45) is 11.7 Å². The van der Waals surface area contributed by atoms with E-state index in [0.717, 1.165) is 24.2 Å². The van der Waals surface area contributed by atoms with E-state index in [2.05, 4.69) is 54.4 Å². The molecule has 0 aliphatic heterocycles.